The van der Waals surface area contributed by atoms with E-state index in [0.717, 1.165) is 22.4 Å². The van der Waals surface area contributed by atoms with Gasteiger partial charge in [0.05, 0.1) is 7.11 Å². The Morgan fingerprint density at radius 2 is 1.35 bits per heavy atom. The van der Waals surface area contributed by atoms with Crippen molar-refractivity contribution in [2.45, 2.75) is 51.7 Å². The average molecular weight is 459 g/mol. The molecule has 3 aromatic carbocycles. The third-order valence-corrected chi connectivity index (χ3v) is 5.89. The molecule has 0 saturated heterocycles. The second-order valence-corrected chi connectivity index (χ2v) is 8.79. The minimum atomic E-state index is -0.607. The summed E-state index contributed by atoms with van der Waals surface area (Å²) in [5.41, 5.74) is 3.09. The van der Waals surface area contributed by atoms with E-state index in [-0.39, 0.29) is 30.2 Å². The van der Waals surface area contributed by atoms with Gasteiger partial charge in [-0.05, 0) is 49.6 Å². The molecule has 5 heteroatoms. The van der Waals surface area contributed by atoms with Crippen LogP contribution in [-0.2, 0) is 16.1 Å². The minimum absolute atomic E-state index is 0.00530. The first kappa shape index (κ1) is 25.0. The van der Waals surface area contributed by atoms with Gasteiger partial charge in [-0.2, -0.15) is 0 Å². The van der Waals surface area contributed by atoms with Crippen LogP contribution in [-0.4, -0.2) is 35.9 Å². The quantitative estimate of drug-likeness (QED) is 0.457. The molecule has 178 valence electrons. The number of carbonyl (C=O) groups excluding carboxylic acids is 2. The molecule has 0 aliphatic carbocycles. The van der Waals surface area contributed by atoms with Crippen LogP contribution in [0.1, 0.15) is 49.8 Å². The summed E-state index contributed by atoms with van der Waals surface area (Å²) < 4.78 is 5.26. The zero-order valence-electron chi connectivity index (χ0n) is 20.4. The molecule has 0 aromatic heterocycles. The monoisotopic (exact) mass is 458 g/mol. The van der Waals surface area contributed by atoms with Gasteiger partial charge in [-0.3, -0.25) is 9.59 Å². The van der Waals surface area contributed by atoms with Gasteiger partial charge in [0.2, 0.25) is 11.8 Å². The summed E-state index contributed by atoms with van der Waals surface area (Å²) in [7, 11) is 1.62. The van der Waals surface area contributed by atoms with E-state index >= 15 is 0 Å². The lowest BCUT2D eigenvalue weighted by Crippen LogP contribution is -2.49. The van der Waals surface area contributed by atoms with Crippen molar-refractivity contribution in [2.75, 3.05) is 7.11 Å². The Bertz CT molecular complexity index is 1010. The summed E-state index contributed by atoms with van der Waals surface area (Å²) in [5.74, 6) is 0.418. The van der Waals surface area contributed by atoms with Crippen LogP contribution in [0.3, 0.4) is 0 Å². The van der Waals surface area contributed by atoms with Crippen LogP contribution in [0.2, 0.25) is 0 Å². The Morgan fingerprint density at radius 1 is 0.824 bits per heavy atom. The molecule has 0 heterocycles. The molecular weight excluding hydrogens is 424 g/mol. The molecule has 0 fully saturated rings. The molecule has 34 heavy (non-hydrogen) atoms. The Hall–Kier alpha value is -3.60. The van der Waals surface area contributed by atoms with Crippen LogP contribution in [0.4, 0.5) is 0 Å². The van der Waals surface area contributed by atoms with Gasteiger partial charge in [0, 0.05) is 24.9 Å². The number of methoxy groups -OCH3 is 1. The fourth-order valence-corrected chi connectivity index (χ4v) is 4.01. The summed E-state index contributed by atoms with van der Waals surface area (Å²) in [6.45, 7) is 5.97. The normalized spacial score (nSPS) is 11.8. The number of carbonyl (C=O) groups is 2. The van der Waals surface area contributed by atoms with E-state index in [0.29, 0.717) is 6.54 Å². The number of nitrogens with one attached hydrogen (secondary N) is 1. The lowest BCUT2D eigenvalue weighted by Gasteiger charge is -2.31. The lowest BCUT2D eigenvalue weighted by molar-refractivity contribution is -0.141. The van der Waals surface area contributed by atoms with Gasteiger partial charge in [0.1, 0.15) is 11.8 Å². The topological polar surface area (TPSA) is 58.6 Å². The molecule has 5 nitrogen and oxygen atoms in total. The molecule has 1 N–H and O–H groups in total. The third-order valence-electron chi connectivity index (χ3n) is 5.89. The summed E-state index contributed by atoms with van der Waals surface area (Å²) in [6, 6.07) is 27.1. The second-order valence-electron chi connectivity index (χ2n) is 8.79. The summed E-state index contributed by atoms with van der Waals surface area (Å²) in [5, 5.41) is 2.95. The first-order chi connectivity index (χ1) is 16.4. The first-order valence-corrected chi connectivity index (χ1v) is 11.7. The standard InChI is InChI=1S/C29H34N2O3/c1-21(2)30-29(33)22(3)31(20-23-15-17-26(34-4)18-16-23)28(32)19-27(24-11-7-5-8-12-24)25-13-9-6-10-14-25/h5-18,21-22,27H,19-20H2,1-4H3,(H,30,33)/t22-/m0/s1. The predicted molar refractivity (Wildman–Crippen MR) is 136 cm³/mol. The highest BCUT2D eigenvalue weighted by atomic mass is 16.5. The van der Waals surface area contributed by atoms with Crippen LogP contribution in [0, 0.1) is 0 Å². The SMILES string of the molecule is COc1ccc(CN(C(=O)CC(c2ccccc2)c2ccccc2)[C@@H](C)C(=O)NC(C)C)cc1. The average Bonchev–Trinajstić information content (AvgIpc) is 2.86. The zero-order valence-corrected chi connectivity index (χ0v) is 20.4. The molecule has 0 unspecified atom stereocenters. The van der Waals surface area contributed by atoms with Gasteiger partial charge in [-0.15, -0.1) is 0 Å². The van der Waals surface area contributed by atoms with Gasteiger partial charge >= 0.3 is 0 Å². The number of hydrogen-bond acceptors (Lipinski definition) is 3. The van der Waals surface area contributed by atoms with Crippen LogP contribution in [0.5, 0.6) is 5.75 Å². The number of benzene rings is 3. The number of rotatable bonds is 10. The van der Waals surface area contributed by atoms with Gasteiger partial charge in [0.15, 0.2) is 0 Å². The third kappa shape index (κ3) is 6.70. The van der Waals surface area contributed by atoms with Crippen molar-refractivity contribution < 1.29 is 14.3 Å². The van der Waals surface area contributed by atoms with Gasteiger partial charge in [-0.1, -0.05) is 72.8 Å². The molecule has 1 atom stereocenters. The summed E-state index contributed by atoms with van der Waals surface area (Å²) in [6.07, 6.45) is 0.267. The molecule has 3 rings (SSSR count). The van der Waals surface area contributed by atoms with Crippen molar-refractivity contribution in [3.8, 4) is 5.75 Å². The van der Waals surface area contributed by atoms with Crippen molar-refractivity contribution in [3.63, 3.8) is 0 Å². The molecule has 0 spiro atoms. The van der Waals surface area contributed by atoms with Crippen molar-refractivity contribution in [2.24, 2.45) is 0 Å². The molecule has 2 amide bonds. The molecule has 0 aliphatic rings. The highest BCUT2D eigenvalue weighted by molar-refractivity contribution is 5.88. The molecule has 0 bridgehead atoms. The van der Waals surface area contributed by atoms with E-state index < -0.39 is 6.04 Å². The van der Waals surface area contributed by atoms with E-state index in [4.69, 9.17) is 4.74 Å². The second kappa shape index (κ2) is 12.0. The van der Waals surface area contributed by atoms with E-state index in [1.54, 1.807) is 18.9 Å². The highest BCUT2D eigenvalue weighted by Gasteiger charge is 2.29. The number of hydrogen-bond donors (Lipinski definition) is 1. The Balaban J connectivity index is 1.90. The molecular formula is C29H34N2O3. The number of amides is 2. The fourth-order valence-electron chi connectivity index (χ4n) is 4.01. The highest BCUT2D eigenvalue weighted by Crippen LogP contribution is 2.29. The Kier molecular flexibility index (Phi) is 8.86. The Labute approximate surface area is 202 Å². The van der Waals surface area contributed by atoms with E-state index in [1.807, 2.05) is 98.8 Å². The minimum Gasteiger partial charge on any atom is -0.497 e. The number of ether oxygens (including phenoxy) is 1. The van der Waals surface area contributed by atoms with Crippen molar-refractivity contribution >= 4 is 11.8 Å². The van der Waals surface area contributed by atoms with Crippen LogP contribution < -0.4 is 10.1 Å². The maximum atomic E-state index is 13.8. The van der Waals surface area contributed by atoms with E-state index in [9.17, 15) is 9.59 Å². The zero-order chi connectivity index (χ0) is 24.5. The van der Waals surface area contributed by atoms with Crippen molar-refractivity contribution in [1.29, 1.82) is 0 Å². The summed E-state index contributed by atoms with van der Waals surface area (Å²) in [4.78, 5) is 28.4. The maximum Gasteiger partial charge on any atom is 0.242 e. The summed E-state index contributed by atoms with van der Waals surface area (Å²) >= 11 is 0. The largest absolute Gasteiger partial charge is 0.497 e. The van der Waals surface area contributed by atoms with Gasteiger partial charge < -0.3 is 15.0 Å². The van der Waals surface area contributed by atoms with Crippen LogP contribution >= 0.6 is 0 Å². The number of nitrogens with zero attached hydrogens (tertiary/aromatic N) is 1. The first-order valence-electron chi connectivity index (χ1n) is 11.7. The van der Waals surface area contributed by atoms with Crippen LogP contribution in [0.25, 0.3) is 0 Å². The van der Waals surface area contributed by atoms with E-state index in [2.05, 4.69) is 5.32 Å². The lowest BCUT2D eigenvalue weighted by atomic mass is 9.88. The maximum absolute atomic E-state index is 13.8. The molecule has 0 radical (unpaired) electrons. The smallest absolute Gasteiger partial charge is 0.242 e. The van der Waals surface area contributed by atoms with Crippen molar-refractivity contribution in [3.05, 3.63) is 102 Å². The predicted octanol–water partition coefficient (Wildman–Crippen LogP) is 5.16. The van der Waals surface area contributed by atoms with Crippen molar-refractivity contribution in [1.82, 2.24) is 10.2 Å². The Morgan fingerprint density at radius 3 is 1.82 bits per heavy atom. The van der Waals surface area contributed by atoms with Gasteiger partial charge in [0.25, 0.3) is 0 Å². The fraction of sp³-hybridized carbons (Fsp3) is 0.310. The molecule has 0 aliphatic heterocycles. The molecule has 3 aromatic rings. The van der Waals surface area contributed by atoms with Gasteiger partial charge in [-0.25, -0.2) is 0 Å². The van der Waals surface area contributed by atoms with E-state index in [1.165, 1.54) is 0 Å². The molecule has 0 saturated carbocycles. The van der Waals surface area contributed by atoms with Crippen LogP contribution in [0.15, 0.2) is 84.9 Å².